The van der Waals surface area contributed by atoms with Crippen LogP contribution in [0.3, 0.4) is 0 Å². The Labute approximate surface area is 179 Å². The van der Waals surface area contributed by atoms with Crippen molar-refractivity contribution in [3.63, 3.8) is 0 Å². The average Bonchev–Trinajstić information content (AvgIpc) is 2.79. The molecule has 4 nitrogen and oxygen atoms in total. The fourth-order valence-electron chi connectivity index (χ4n) is 3.93. The molecule has 1 saturated heterocycles. The number of pyridine rings is 1. The van der Waals surface area contributed by atoms with Gasteiger partial charge in [0.25, 0.3) is 0 Å². The zero-order valence-corrected chi connectivity index (χ0v) is 17.0. The fourth-order valence-corrected chi connectivity index (χ4v) is 3.93. The lowest BCUT2D eigenvalue weighted by Crippen LogP contribution is -2.46. The summed E-state index contributed by atoms with van der Waals surface area (Å²) in [6, 6.07) is 16.9. The number of piperazine rings is 1. The minimum Gasteiger partial charge on any atom is -0.384 e. The predicted molar refractivity (Wildman–Crippen MR) is 114 cm³/mol. The maximum atomic E-state index is 12.7. The van der Waals surface area contributed by atoms with Crippen molar-refractivity contribution >= 4 is 5.69 Å². The molecule has 1 N–H and O–H groups in total. The Morgan fingerprint density at radius 2 is 1.61 bits per heavy atom. The summed E-state index contributed by atoms with van der Waals surface area (Å²) < 4.78 is 38.2. The number of rotatable bonds is 5. The Morgan fingerprint density at radius 1 is 0.903 bits per heavy atom. The van der Waals surface area contributed by atoms with E-state index in [-0.39, 0.29) is 0 Å². The molecular formula is C24H24F3N3O. The second-order valence-electron chi connectivity index (χ2n) is 7.71. The molecule has 1 aromatic heterocycles. The summed E-state index contributed by atoms with van der Waals surface area (Å²) in [5.41, 5.74) is 2.83. The molecule has 2 aromatic carbocycles. The number of aromatic nitrogens is 1. The van der Waals surface area contributed by atoms with Gasteiger partial charge in [-0.3, -0.25) is 9.88 Å². The van der Waals surface area contributed by atoms with Crippen LogP contribution in [-0.2, 0) is 12.7 Å². The lowest BCUT2D eigenvalue weighted by Gasteiger charge is -2.37. The zero-order valence-electron chi connectivity index (χ0n) is 17.0. The Bertz CT molecular complexity index is 985. The molecule has 2 heterocycles. The third kappa shape index (κ3) is 5.06. The van der Waals surface area contributed by atoms with Gasteiger partial charge in [0.05, 0.1) is 5.56 Å². The molecule has 0 radical (unpaired) electrons. The highest BCUT2D eigenvalue weighted by Gasteiger charge is 2.30. The van der Waals surface area contributed by atoms with E-state index in [4.69, 9.17) is 0 Å². The Balaban J connectivity index is 1.40. The number of aliphatic hydroxyl groups excluding tert-OH is 1. The van der Waals surface area contributed by atoms with Crippen molar-refractivity contribution in [2.45, 2.75) is 18.8 Å². The first-order valence-electron chi connectivity index (χ1n) is 10.2. The largest absolute Gasteiger partial charge is 0.416 e. The van der Waals surface area contributed by atoms with Crippen LogP contribution in [-0.4, -0.2) is 41.2 Å². The number of anilines is 1. The van der Waals surface area contributed by atoms with Gasteiger partial charge in [0.1, 0.15) is 6.10 Å². The van der Waals surface area contributed by atoms with Gasteiger partial charge in [0.15, 0.2) is 0 Å². The van der Waals surface area contributed by atoms with Gasteiger partial charge in [-0.2, -0.15) is 13.2 Å². The summed E-state index contributed by atoms with van der Waals surface area (Å²) in [7, 11) is 0. The summed E-state index contributed by atoms with van der Waals surface area (Å²) in [6.45, 7) is 3.75. The van der Waals surface area contributed by atoms with Crippen molar-refractivity contribution in [1.29, 1.82) is 0 Å². The van der Waals surface area contributed by atoms with Crippen molar-refractivity contribution < 1.29 is 18.3 Å². The van der Waals surface area contributed by atoms with Gasteiger partial charge >= 0.3 is 6.18 Å². The number of alkyl halides is 3. The lowest BCUT2D eigenvalue weighted by atomic mass is 10.00. The minimum absolute atomic E-state index is 0.617. The van der Waals surface area contributed by atoms with Crippen molar-refractivity contribution in [1.82, 2.24) is 9.88 Å². The van der Waals surface area contributed by atoms with Gasteiger partial charge in [0, 0.05) is 61.9 Å². The summed E-state index contributed by atoms with van der Waals surface area (Å²) in [5, 5.41) is 10.9. The second-order valence-corrected chi connectivity index (χ2v) is 7.71. The first kappa shape index (κ1) is 21.3. The molecule has 4 rings (SSSR count). The van der Waals surface area contributed by atoms with Crippen LogP contribution in [0.5, 0.6) is 0 Å². The van der Waals surface area contributed by atoms with Crippen LogP contribution in [0.25, 0.3) is 0 Å². The molecule has 1 atom stereocenters. The van der Waals surface area contributed by atoms with Crippen LogP contribution < -0.4 is 4.90 Å². The van der Waals surface area contributed by atoms with Gasteiger partial charge in [-0.25, -0.2) is 0 Å². The van der Waals surface area contributed by atoms with Crippen molar-refractivity contribution in [2.24, 2.45) is 0 Å². The van der Waals surface area contributed by atoms with Crippen LogP contribution >= 0.6 is 0 Å². The maximum absolute atomic E-state index is 12.7. The summed E-state index contributed by atoms with van der Waals surface area (Å²) >= 11 is 0. The first-order chi connectivity index (χ1) is 14.9. The van der Waals surface area contributed by atoms with Crippen LogP contribution in [0, 0.1) is 0 Å². The molecule has 162 valence electrons. The standard InChI is InChI=1S/C24H24F3N3O/c25-24(26,27)20-9-7-18(8-10-20)17-29-12-14-30(15-13-29)22-6-2-1-5-21(22)23(31)19-4-3-11-28-16-19/h1-11,16,23,31H,12-15,17H2. The van der Waals surface area contributed by atoms with Gasteiger partial charge < -0.3 is 10.0 Å². The molecule has 1 aliphatic heterocycles. The number of para-hydroxylation sites is 1. The quantitative estimate of drug-likeness (QED) is 0.651. The number of hydrogen-bond donors (Lipinski definition) is 1. The molecule has 1 fully saturated rings. The van der Waals surface area contributed by atoms with Crippen molar-refractivity contribution in [3.05, 3.63) is 95.3 Å². The van der Waals surface area contributed by atoms with Crippen LogP contribution in [0.2, 0.25) is 0 Å². The van der Waals surface area contributed by atoms with E-state index < -0.39 is 17.8 Å². The molecule has 1 unspecified atom stereocenters. The summed E-state index contributed by atoms with van der Waals surface area (Å²) in [4.78, 5) is 8.58. The van der Waals surface area contributed by atoms with E-state index in [2.05, 4.69) is 14.8 Å². The van der Waals surface area contributed by atoms with E-state index in [0.29, 0.717) is 6.54 Å². The monoisotopic (exact) mass is 427 g/mol. The maximum Gasteiger partial charge on any atom is 0.416 e. The van der Waals surface area contributed by atoms with E-state index >= 15 is 0 Å². The van der Waals surface area contributed by atoms with Gasteiger partial charge in [0.2, 0.25) is 0 Å². The van der Waals surface area contributed by atoms with Crippen molar-refractivity contribution in [2.75, 3.05) is 31.1 Å². The van der Waals surface area contributed by atoms with E-state index in [0.717, 1.165) is 60.7 Å². The van der Waals surface area contributed by atoms with Crippen LogP contribution in [0.1, 0.15) is 28.4 Å². The molecular weight excluding hydrogens is 403 g/mol. The van der Waals surface area contributed by atoms with Gasteiger partial charge in [-0.05, 0) is 29.8 Å². The molecule has 0 aliphatic carbocycles. The molecule has 7 heteroatoms. The fraction of sp³-hybridized carbons (Fsp3) is 0.292. The van der Waals surface area contributed by atoms with Gasteiger partial charge in [-0.1, -0.05) is 36.4 Å². The van der Waals surface area contributed by atoms with Crippen LogP contribution in [0.4, 0.5) is 18.9 Å². The summed E-state index contributed by atoms with van der Waals surface area (Å²) in [5.74, 6) is 0. The molecule has 3 aromatic rings. The Morgan fingerprint density at radius 3 is 2.26 bits per heavy atom. The highest BCUT2D eigenvalue weighted by molar-refractivity contribution is 5.56. The van der Waals surface area contributed by atoms with Crippen molar-refractivity contribution in [3.8, 4) is 0 Å². The molecule has 31 heavy (non-hydrogen) atoms. The average molecular weight is 427 g/mol. The number of halogens is 3. The molecule has 0 saturated carbocycles. The smallest absolute Gasteiger partial charge is 0.384 e. The van der Waals surface area contributed by atoms with E-state index in [1.165, 1.54) is 0 Å². The number of benzene rings is 2. The topological polar surface area (TPSA) is 39.6 Å². The molecule has 0 amide bonds. The lowest BCUT2D eigenvalue weighted by molar-refractivity contribution is -0.137. The zero-order chi connectivity index (χ0) is 21.8. The Kier molecular flexibility index (Phi) is 6.25. The predicted octanol–water partition coefficient (Wildman–Crippen LogP) is 4.50. The Hall–Kier alpha value is -2.90. The number of nitrogens with zero attached hydrogens (tertiary/aromatic N) is 3. The van der Waals surface area contributed by atoms with Crippen LogP contribution in [0.15, 0.2) is 73.1 Å². The van der Waals surface area contributed by atoms with E-state index in [1.807, 2.05) is 30.3 Å². The van der Waals surface area contributed by atoms with E-state index in [9.17, 15) is 18.3 Å². The first-order valence-corrected chi connectivity index (χ1v) is 10.2. The van der Waals surface area contributed by atoms with Gasteiger partial charge in [-0.15, -0.1) is 0 Å². The number of hydrogen-bond acceptors (Lipinski definition) is 4. The molecule has 0 spiro atoms. The number of aliphatic hydroxyl groups is 1. The third-order valence-electron chi connectivity index (χ3n) is 5.63. The minimum atomic E-state index is -4.31. The molecule has 0 bridgehead atoms. The molecule has 1 aliphatic rings. The highest BCUT2D eigenvalue weighted by Crippen LogP contribution is 2.32. The second kappa shape index (κ2) is 9.08. The normalized spacial score (nSPS) is 16.3. The van der Waals surface area contributed by atoms with E-state index in [1.54, 1.807) is 30.6 Å². The SMILES string of the molecule is OC(c1cccnc1)c1ccccc1N1CCN(Cc2ccc(C(F)(F)F)cc2)CC1. The third-order valence-corrected chi connectivity index (χ3v) is 5.63. The summed E-state index contributed by atoms with van der Waals surface area (Å²) in [6.07, 6.45) is -1.71. The highest BCUT2D eigenvalue weighted by atomic mass is 19.4.